The summed E-state index contributed by atoms with van der Waals surface area (Å²) in [7, 11) is 0. The molecule has 0 heterocycles. The maximum absolute atomic E-state index is 13.0. The second-order valence-corrected chi connectivity index (χ2v) is 8.03. The highest BCUT2D eigenvalue weighted by atomic mass is 32.2. The Balaban J connectivity index is 1.56. The number of anilines is 2. The maximum atomic E-state index is 13.0. The van der Waals surface area contributed by atoms with Crippen LogP contribution >= 0.6 is 11.8 Å². The summed E-state index contributed by atoms with van der Waals surface area (Å²) in [5.41, 5.74) is 1.42. The van der Waals surface area contributed by atoms with Crippen LogP contribution in [0.15, 0.2) is 77.7 Å². The lowest BCUT2D eigenvalue weighted by atomic mass is 10.2. The lowest BCUT2D eigenvalue weighted by molar-refractivity contribution is -0.115. The molecule has 0 aliphatic rings. The normalized spacial score (nSPS) is 11.4. The molecule has 1 atom stereocenters. The van der Waals surface area contributed by atoms with Crippen LogP contribution in [0.3, 0.4) is 0 Å². The SMILES string of the molecule is CC(Sc1ccc(NC(=O)c2ccc(F)cc2)cc1)C(=O)Nc1cccc(C(=O)O)c1. The Bertz CT molecular complexity index is 1100. The van der Waals surface area contributed by atoms with Crippen molar-refractivity contribution in [1.82, 2.24) is 0 Å². The molecule has 3 aromatic rings. The molecule has 0 aliphatic carbocycles. The molecule has 0 fully saturated rings. The van der Waals surface area contributed by atoms with E-state index in [1.54, 1.807) is 43.3 Å². The van der Waals surface area contributed by atoms with Crippen LogP contribution in [-0.2, 0) is 4.79 Å². The van der Waals surface area contributed by atoms with Crippen molar-refractivity contribution in [3.05, 3.63) is 89.7 Å². The van der Waals surface area contributed by atoms with E-state index in [0.29, 0.717) is 16.9 Å². The van der Waals surface area contributed by atoms with Gasteiger partial charge in [-0.3, -0.25) is 9.59 Å². The summed E-state index contributed by atoms with van der Waals surface area (Å²) in [5.74, 6) is -2.09. The number of rotatable bonds is 7. The highest BCUT2D eigenvalue weighted by molar-refractivity contribution is 8.00. The summed E-state index contributed by atoms with van der Waals surface area (Å²) in [6.07, 6.45) is 0. The molecule has 3 rings (SSSR count). The van der Waals surface area contributed by atoms with Gasteiger partial charge in [-0.25, -0.2) is 9.18 Å². The molecular formula is C23H19FN2O4S. The van der Waals surface area contributed by atoms with Crippen molar-refractivity contribution in [3.63, 3.8) is 0 Å². The van der Waals surface area contributed by atoms with Gasteiger partial charge in [0.25, 0.3) is 5.91 Å². The minimum atomic E-state index is -1.06. The fraction of sp³-hybridized carbons (Fsp3) is 0.0870. The zero-order chi connectivity index (χ0) is 22.4. The van der Waals surface area contributed by atoms with Gasteiger partial charge in [0, 0.05) is 21.8 Å². The second kappa shape index (κ2) is 9.90. The molecule has 158 valence electrons. The van der Waals surface area contributed by atoms with Crippen LogP contribution in [0.4, 0.5) is 15.8 Å². The van der Waals surface area contributed by atoms with E-state index in [0.717, 1.165) is 4.90 Å². The first-order chi connectivity index (χ1) is 14.8. The van der Waals surface area contributed by atoms with E-state index in [1.807, 2.05) is 0 Å². The van der Waals surface area contributed by atoms with Gasteiger partial charge in [0.1, 0.15) is 5.82 Å². The van der Waals surface area contributed by atoms with Crippen molar-refractivity contribution in [2.75, 3.05) is 10.6 Å². The van der Waals surface area contributed by atoms with Gasteiger partial charge in [0.05, 0.1) is 10.8 Å². The fourth-order valence-corrected chi connectivity index (χ4v) is 3.52. The molecular weight excluding hydrogens is 419 g/mol. The molecule has 1 unspecified atom stereocenters. The van der Waals surface area contributed by atoms with E-state index in [1.165, 1.54) is 48.2 Å². The third-order valence-corrected chi connectivity index (χ3v) is 5.39. The lowest BCUT2D eigenvalue weighted by Crippen LogP contribution is -2.22. The van der Waals surface area contributed by atoms with Gasteiger partial charge < -0.3 is 15.7 Å². The molecule has 6 nitrogen and oxygen atoms in total. The number of carboxylic acid groups (broad SMARTS) is 1. The summed E-state index contributed by atoms with van der Waals surface area (Å²) in [4.78, 5) is 36.5. The Hall–Kier alpha value is -3.65. The molecule has 0 saturated carbocycles. The van der Waals surface area contributed by atoms with Gasteiger partial charge in [0.15, 0.2) is 0 Å². The van der Waals surface area contributed by atoms with Gasteiger partial charge in [-0.1, -0.05) is 6.07 Å². The van der Waals surface area contributed by atoms with E-state index in [2.05, 4.69) is 10.6 Å². The number of halogens is 1. The van der Waals surface area contributed by atoms with E-state index in [9.17, 15) is 18.8 Å². The number of carbonyl (C=O) groups is 3. The Labute approximate surface area is 182 Å². The smallest absolute Gasteiger partial charge is 0.335 e. The molecule has 3 N–H and O–H groups in total. The number of carboxylic acids is 1. The average molecular weight is 438 g/mol. The summed E-state index contributed by atoms with van der Waals surface area (Å²) in [5, 5.41) is 14.0. The average Bonchev–Trinajstić information content (AvgIpc) is 2.75. The molecule has 31 heavy (non-hydrogen) atoms. The number of hydrogen-bond donors (Lipinski definition) is 3. The molecule has 0 radical (unpaired) electrons. The van der Waals surface area contributed by atoms with Gasteiger partial charge in [-0.05, 0) is 73.7 Å². The third-order valence-electron chi connectivity index (χ3n) is 4.28. The first-order valence-electron chi connectivity index (χ1n) is 9.29. The summed E-state index contributed by atoms with van der Waals surface area (Å²) < 4.78 is 13.0. The van der Waals surface area contributed by atoms with Crippen molar-refractivity contribution >= 4 is 40.9 Å². The zero-order valence-corrected chi connectivity index (χ0v) is 17.3. The molecule has 2 amide bonds. The van der Waals surface area contributed by atoms with Crippen LogP contribution in [0.2, 0.25) is 0 Å². The molecule has 0 aromatic heterocycles. The quantitative estimate of drug-likeness (QED) is 0.456. The van der Waals surface area contributed by atoms with Crippen LogP contribution in [0.25, 0.3) is 0 Å². The lowest BCUT2D eigenvalue weighted by Gasteiger charge is -2.13. The Morgan fingerprint density at radius 3 is 2.19 bits per heavy atom. The van der Waals surface area contributed by atoms with Gasteiger partial charge in [-0.15, -0.1) is 11.8 Å². The number of aromatic carboxylic acids is 1. The van der Waals surface area contributed by atoms with Crippen molar-refractivity contribution in [2.24, 2.45) is 0 Å². The molecule has 0 bridgehead atoms. The first-order valence-corrected chi connectivity index (χ1v) is 10.2. The number of nitrogens with one attached hydrogen (secondary N) is 2. The second-order valence-electron chi connectivity index (χ2n) is 6.62. The predicted molar refractivity (Wildman–Crippen MR) is 118 cm³/mol. The first kappa shape index (κ1) is 22.0. The van der Waals surface area contributed by atoms with Crippen molar-refractivity contribution in [1.29, 1.82) is 0 Å². The summed E-state index contributed by atoms with van der Waals surface area (Å²) in [6, 6.07) is 18.3. The Morgan fingerprint density at radius 1 is 0.871 bits per heavy atom. The minimum Gasteiger partial charge on any atom is -0.478 e. The van der Waals surface area contributed by atoms with Crippen LogP contribution < -0.4 is 10.6 Å². The Morgan fingerprint density at radius 2 is 1.55 bits per heavy atom. The highest BCUT2D eigenvalue weighted by Gasteiger charge is 2.15. The molecule has 8 heteroatoms. The molecule has 0 spiro atoms. The number of amides is 2. The van der Waals surface area contributed by atoms with E-state index in [-0.39, 0.29) is 17.4 Å². The summed E-state index contributed by atoms with van der Waals surface area (Å²) in [6.45, 7) is 1.74. The number of benzene rings is 3. The fourth-order valence-electron chi connectivity index (χ4n) is 2.65. The largest absolute Gasteiger partial charge is 0.478 e. The van der Waals surface area contributed by atoms with E-state index in [4.69, 9.17) is 5.11 Å². The standard InChI is InChI=1S/C23H19FN2O4S/c1-14(21(27)26-19-4-2-3-16(13-19)23(29)30)31-20-11-9-18(10-12-20)25-22(28)15-5-7-17(24)8-6-15/h2-14H,1H3,(H,25,28)(H,26,27)(H,29,30). The molecule has 3 aromatic carbocycles. The van der Waals surface area contributed by atoms with Gasteiger partial charge in [0.2, 0.25) is 5.91 Å². The van der Waals surface area contributed by atoms with Crippen LogP contribution in [0, 0.1) is 5.82 Å². The van der Waals surface area contributed by atoms with E-state index < -0.39 is 17.0 Å². The van der Waals surface area contributed by atoms with Gasteiger partial charge >= 0.3 is 5.97 Å². The maximum Gasteiger partial charge on any atom is 0.335 e. The number of hydrogen-bond acceptors (Lipinski definition) is 4. The summed E-state index contributed by atoms with van der Waals surface area (Å²) >= 11 is 1.32. The minimum absolute atomic E-state index is 0.0939. The van der Waals surface area contributed by atoms with Crippen molar-refractivity contribution in [2.45, 2.75) is 17.1 Å². The van der Waals surface area contributed by atoms with Crippen molar-refractivity contribution in [3.8, 4) is 0 Å². The molecule has 0 aliphatic heterocycles. The third kappa shape index (κ3) is 6.16. The van der Waals surface area contributed by atoms with E-state index >= 15 is 0 Å². The van der Waals surface area contributed by atoms with Gasteiger partial charge in [-0.2, -0.15) is 0 Å². The highest BCUT2D eigenvalue weighted by Crippen LogP contribution is 2.26. The number of carbonyl (C=O) groups excluding carboxylic acids is 2. The molecule has 0 saturated heterocycles. The zero-order valence-electron chi connectivity index (χ0n) is 16.5. The monoisotopic (exact) mass is 438 g/mol. The van der Waals surface area contributed by atoms with Crippen LogP contribution in [-0.4, -0.2) is 28.1 Å². The predicted octanol–water partition coefficient (Wildman–Crippen LogP) is 4.90. The van der Waals surface area contributed by atoms with Crippen LogP contribution in [0.5, 0.6) is 0 Å². The Kier molecular flexibility index (Phi) is 7.04. The van der Waals surface area contributed by atoms with Crippen molar-refractivity contribution < 1.29 is 23.9 Å². The number of thioether (sulfide) groups is 1. The van der Waals surface area contributed by atoms with Crippen LogP contribution in [0.1, 0.15) is 27.6 Å². The topological polar surface area (TPSA) is 95.5 Å².